The second kappa shape index (κ2) is 15.4. The lowest BCUT2D eigenvalue weighted by molar-refractivity contribution is -0.165. The third kappa shape index (κ3) is 8.14. The molecule has 0 amide bonds. The molecule has 0 radical (unpaired) electrons. The number of nitrogens with zero attached hydrogens (tertiary/aromatic N) is 5. The number of carboxylic acid groups (broad SMARTS) is 2. The average Bonchev–Trinajstić information content (AvgIpc) is 3.53. The number of aliphatic carboxylic acids is 2. The summed E-state index contributed by atoms with van der Waals surface area (Å²) in [6.45, 7) is 1.08. The van der Waals surface area contributed by atoms with Gasteiger partial charge in [0.25, 0.3) is 0 Å². The zero-order valence-electron chi connectivity index (χ0n) is 25.6. The maximum atomic E-state index is 10.1. The molecule has 2 heterocycles. The Bertz CT molecular complexity index is 1870. The molecule has 0 bridgehead atoms. The fraction of sp³-hybridized carbons (Fsp3) is 0.250. The highest BCUT2D eigenvalue weighted by atomic mass is 16.5. The molecule has 48 heavy (non-hydrogen) atoms. The van der Waals surface area contributed by atoms with Gasteiger partial charge in [-0.1, -0.05) is 0 Å². The molecule has 1 aliphatic heterocycles. The van der Waals surface area contributed by atoms with Crippen molar-refractivity contribution in [1.29, 1.82) is 10.5 Å². The highest BCUT2D eigenvalue weighted by Gasteiger charge is 2.29. The molecule has 16 heteroatoms. The van der Waals surface area contributed by atoms with Gasteiger partial charge in [-0.3, -0.25) is 0 Å². The van der Waals surface area contributed by atoms with Crippen molar-refractivity contribution in [1.82, 2.24) is 9.97 Å². The Labute approximate surface area is 273 Å². The smallest absolute Gasteiger partial charge is 0.335 e. The summed E-state index contributed by atoms with van der Waals surface area (Å²) in [7, 11) is 3.06. The van der Waals surface area contributed by atoms with Crippen LogP contribution >= 0.6 is 0 Å². The molecule has 3 unspecified atom stereocenters. The van der Waals surface area contributed by atoms with Gasteiger partial charge < -0.3 is 50.0 Å². The molecule has 3 atom stereocenters. The van der Waals surface area contributed by atoms with Crippen LogP contribution in [0.15, 0.2) is 54.6 Å². The van der Waals surface area contributed by atoms with E-state index < -0.39 is 30.3 Å². The number of hydrogen-bond donors (Lipinski definition) is 6. The van der Waals surface area contributed by atoms with Crippen molar-refractivity contribution in [3.05, 3.63) is 65.7 Å². The molecule has 1 fully saturated rings. The van der Waals surface area contributed by atoms with Crippen LogP contribution in [-0.2, 0) is 9.59 Å². The van der Waals surface area contributed by atoms with E-state index in [-0.39, 0.29) is 11.8 Å². The number of hydrogen-bond acceptors (Lipinski definition) is 14. The van der Waals surface area contributed by atoms with Crippen LogP contribution in [0.2, 0.25) is 0 Å². The number of carboxylic acids is 2. The summed E-state index contributed by atoms with van der Waals surface area (Å²) in [6, 6.07) is 19.9. The third-order valence-electron chi connectivity index (χ3n) is 7.02. The van der Waals surface area contributed by atoms with E-state index in [9.17, 15) is 20.0 Å². The van der Waals surface area contributed by atoms with Crippen LogP contribution in [0.3, 0.4) is 0 Å². The molecule has 3 aromatic carbocycles. The predicted octanol–water partition coefficient (Wildman–Crippen LogP) is 2.37. The monoisotopic (exact) mass is 658 g/mol. The molecule has 0 spiro atoms. The number of carbonyl (C=O) groups is 2. The molecule has 0 aliphatic carbocycles. The standard InChI is InChI=1S/C28H24N6O4.C4H6O6/c1-36-23-12-19-11-18(15-30)5-8-22(19)26(37-2)27(23)38-25-13-24(34-10-9-21(35)16-34)32-28(33-25)31-20-6-3-17(14-29)4-7-20;5-1(3(7)8)2(6)4(9)10/h3-8,11-13,21,35H,9-10,16H2,1-2H3,(H,31,32,33);1-2,5-6H,(H,7,8)(H,9,10). The second-order valence-electron chi connectivity index (χ2n) is 10.2. The first-order valence-corrected chi connectivity index (χ1v) is 14.2. The van der Waals surface area contributed by atoms with Gasteiger partial charge in [0.05, 0.1) is 43.6 Å². The molecule has 0 saturated carbocycles. The number of ether oxygens (including phenoxy) is 3. The van der Waals surface area contributed by atoms with Gasteiger partial charge in [0.1, 0.15) is 5.82 Å². The highest BCUT2D eigenvalue weighted by molar-refractivity contribution is 5.94. The number of aromatic nitrogens is 2. The molecular weight excluding hydrogens is 628 g/mol. The maximum absolute atomic E-state index is 10.1. The normalized spacial score (nSPS) is 14.8. The number of anilines is 3. The molecule has 16 nitrogen and oxygen atoms in total. The molecule has 4 aromatic rings. The summed E-state index contributed by atoms with van der Waals surface area (Å²) < 4.78 is 17.6. The zero-order chi connectivity index (χ0) is 35.0. The Balaban J connectivity index is 0.000000453. The van der Waals surface area contributed by atoms with Gasteiger partial charge in [-0.2, -0.15) is 20.5 Å². The molecule has 248 valence electrons. The Hall–Kier alpha value is -6.20. The third-order valence-corrected chi connectivity index (χ3v) is 7.02. The number of benzene rings is 3. The topological polar surface area (TPSA) is 252 Å². The Morgan fingerprint density at radius 2 is 1.56 bits per heavy atom. The van der Waals surface area contributed by atoms with Crippen molar-refractivity contribution < 1.29 is 49.3 Å². The Kier molecular flexibility index (Phi) is 11.1. The van der Waals surface area contributed by atoms with Crippen LogP contribution in [-0.4, -0.2) is 93.1 Å². The van der Waals surface area contributed by atoms with E-state index in [2.05, 4.69) is 27.4 Å². The average molecular weight is 659 g/mol. The fourth-order valence-electron chi connectivity index (χ4n) is 4.62. The predicted molar refractivity (Wildman–Crippen MR) is 168 cm³/mol. The summed E-state index contributed by atoms with van der Waals surface area (Å²) >= 11 is 0. The fourth-order valence-corrected chi connectivity index (χ4v) is 4.62. The number of aliphatic hydroxyl groups is 3. The Morgan fingerprint density at radius 3 is 2.10 bits per heavy atom. The highest BCUT2D eigenvalue weighted by Crippen LogP contribution is 2.46. The molecule has 1 aliphatic rings. The van der Waals surface area contributed by atoms with Crippen LogP contribution < -0.4 is 24.4 Å². The van der Waals surface area contributed by atoms with Crippen molar-refractivity contribution >= 4 is 40.2 Å². The number of rotatable bonds is 10. The molecule has 1 saturated heterocycles. The summed E-state index contributed by atoms with van der Waals surface area (Å²) in [5.41, 5.74) is 1.75. The van der Waals surface area contributed by atoms with E-state index in [1.54, 1.807) is 54.6 Å². The van der Waals surface area contributed by atoms with Gasteiger partial charge in [-0.25, -0.2) is 9.59 Å². The Morgan fingerprint density at radius 1 is 0.917 bits per heavy atom. The van der Waals surface area contributed by atoms with Crippen molar-refractivity contribution in [3.8, 4) is 35.3 Å². The number of aliphatic hydroxyl groups excluding tert-OH is 3. The number of fused-ring (bicyclic) bond motifs is 1. The van der Waals surface area contributed by atoms with Crippen LogP contribution in [0.25, 0.3) is 10.8 Å². The van der Waals surface area contributed by atoms with E-state index in [1.807, 2.05) is 4.90 Å². The first kappa shape index (κ1) is 34.7. The lowest BCUT2D eigenvalue weighted by Gasteiger charge is -2.20. The first-order valence-electron chi connectivity index (χ1n) is 14.2. The minimum atomic E-state index is -2.27. The van der Waals surface area contributed by atoms with Crippen molar-refractivity contribution in [2.75, 3.05) is 37.5 Å². The van der Waals surface area contributed by atoms with Gasteiger partial charge in [-0.05, 0) is 60.3 Å². The number of methoxy groups -OCH3 is 2. The largest absolute Gasteiger partial charge is 0.493 e. The van der Waals surface area contributed by atoms with E-state index in [4.69, 9.17) is 39.9 Å². The van der Waals surface area contributed by atoms with E-state index in [0.29, 0.717) is 59.4 Å². The summed E-state index contributed by atoms with van der Waals surface area (Å²) in [5, 5.41) is 65.7. The SMILES string of the molecule is COc1cc2cc(C#N)ccc2c(OC)c1Oc1cc(N2CCC(O)C2)nc(Nc2ccc(C#N)cc2)n1.O=C(O)C(O)C(O)C(=O)O. The van der Waals surface area contributed by atoms with Crippen molar-refractivity contribution in [3.63, 3.8) is 0 Å². The summed E-state index contributed by atoms with van der Waals surface area (Å²) in [6.07, 6.45) is -4.34. The van der Waals surface area contributed by atoms with E-state index in [0.717, 1.165) is 10.8 Å². The quantitative estimate of drug-likeness (QED) is 0.143. The van der Waals surface area contributed by atoms with Gasteiger partial charge in [0.15, 0.2) is 23.7 Å². The summed E-state index contributed by atoms with van der Waals surface area (Å²) in [4.78, 5) is 30.7. The van der Waals surface area contributed by atoms with E-state index >= 15 is 0 Å². The summed E-state index contributed by atoms with van der Waals surface area (Å²) in [5.74, 6) is -1.28. The molecule has 6 N–H and O–H groups in total. The number of nitrogens with one attached hydrogen (secondary N) is 1. The molecule has 5 rings (SSSR count). The maximum Gasteiger partial charge on any atom is 0.335 e. The van der Waals surface area contributed by atoms with Crippen LogP contribution in [0.5, 0.6) is 23.1 Å². The lowest BCUT2D eigenvalue weighted by atomic mass is 10.1. The van der Waals surface area contributed by atoms with Gasteiger partial charge >= 0.3 is 11.9 Å². The van der Waals surface area contributed by atoms with Crippen molar-refractivity contribution in [2.24, 2.45) is 0 Å². The van der Waals surface area contributed by atoms with Gasteiger partial charge in [-0.15, -0.1) is 0 Å². The minimum Gasteiger partial charge on any atom is -0.493 e. The van der Waals surface area contributed by atoms with E-state index in [1.165, 1.54) is 14.2 Å². The number of nitriles is 2. The van der Waals surface area contributed by atoms with Crippen molar-refractivity contribution in [2.45, 2.75) is 24.7 Å². The molecular formula is C32H30N6O10. The number of β-amino-alcohol motifs (C(OH)–C–C–N with tert-alkyl or cyclic N) is 1. The zero-order valence-corrected chi connectivity index (χ0v) is 25.6. The molecule has 1 aromatic heterocycles. The van der Waals surface area contributed by atoms with Crippen LogP contribution in [0.4, 0.5) is 17.5 Å². The van der Waals surface area contributed by atoms with Gasteiger partial charge in [0, 0.05) is 30.2 Å². The van der Waals surface area contributed by atoms with Crippen LogP contribution in [0.1, 0.15) is 17.5 Å². The van der Waals surface area contributed by atoms with Gasteiger partial charge in [0.2, 0.25) is 17.6 Å². The van der Waals surface area contributed by atoms with Crippen LogP contribution in [0, 0.1) is 22.7 Å². The first-order chi connectivity index (χ1) is 23.0. The lowest BCUT2D eigenvalue weighted by Crippen LogP contribution is -2.39. The second-order valence-corrected chi connectivity index (χ2v) is 10.2. The minimum absolute atomic E-state index is 0.233.